The van der Waals surface area contributed by atoms with Gasteiger partial charge in [0.05, 0.1) is 17.2 Å². The molecule has 9 nitrogen and oxygen atoms in total. The summed E-state index contributed by atoms with van der Waals surface area (Å²) in [4.78, 5) is 36.9. The Balaban J connectivity index is 1.99. The number of anilines is 1. The highest BCUT2D eigenvalue weighted by Crippen LogP contribution is 2.22. The van der Waals surface area contributed by atoms with Crippen LogP contribution in [-0.2, 0) is 11.3 Å². The molecule has 3 aromatic rings. The number of ether oxygens (including phenoxy) is 1. The highest BCUT2D eigenvalue weighted by atomic mass is 16.5. The van der Waals surface area contributed by atoms with Crippen LogP contribution in [0.4, 0.5) is 5.95 Å². The van der Waals surface area contributed by atoms with E-state index in [-0.39, 0.29) is 23.9 Å². The Morgan fingerprint density at radius 3 is 2.56 bits per heavy atom. The van der Waals surface area contributed by atoms with Crippen molar-refractivity contribution in [3.8, 4) is 6.07 Å². The van der Waals surface area contributed by atoms with E-state index >= 15 is 0 Å². The normalized spacial score (nSPS) is 11.1. The average Bonchev–Trinajstić information content (AvgIpc) is 3.14. The first-order valence-corrected chi connectivity index (χ1v) is 11.3. The van der Waals surface area contributed by atoms with Crippen LogP contribution in [0, 0.1) is 11.3 Å². The van der Waals surface area contributed by atoms with Crippen molar-refractivity contribution in [2.45, 2.75) is 52.7 Å². The van der Waals surface area contributed by atoms with E-state index in [1.54, 1.807) is 47.0 Å². The monoisotopic (exact) mass is 462 g/mol. The Kier molecular flexibility index (Phi) is 7.97. The van der Waals surface area contributed by atoms with Gasteiger partial charge in [0.15, 0.2) is 5.65 Å². The second kappa shape index (κ2) is 10.9. The molecule has 1 aromatic carbocycles. The third-order valence-electron chi connectivity index (χ3n) is 5.39. The predicted octanol–water partition coefficient (Wildman–Crippen LogP) is 3.85. The van der Waals surface area contributed by atoms with Gasteiger partial charge >= 0.3 is 0 Å². The van der Waals surface area contributed by atoms with E-state index in [1.807, 2.05) is 33.8 Å². The predicted molar refractivity (Wildman–Crippen MR) is 130 cm³/mol. The smallest absolute Gasteiger partial charge is 0.258 e. The SMILES string of the molecule is COCCCn1c(NC(=O)c2cccc(C#N)c2)nc2cc(C(=O)N(C(C)C)C(C)C)cnc21. The Labute approximate surface area is 199 Å². The van der Waals surface area contributed by atoms with E-state index in [9.17, 15) is 9.59 Å². The van der Waals surface area contributed by atoms with Gasteiger partial charge < -0.3 is 9.64 Å². The molecule has 0 radical (unpaired) electrons. The fourth-order valence-electron chi connectivity index (χ4n) is 3.92. The topological polar surface area (TPSA) is 113 Å². The Morgan fingerprint density at radius 1 is 1.18 bits per heavy atom. The van der Waals surface area contributed by atoms with Crippen molar-refractivity contribution in [3.05, 3.63) is 53.2 Å². The zero-order chi connectivity index (χ0) is 24.8. The number of methoxy groups -OCH3 is 1. The molecule has 2 heterocycles. The number of fused-ring (bicyclic) bond motifs is 1. The Hall–Kier alpha value is -3.77. The Bertz CT molecular complexity index is 1220. The molecule has 0 atom stereocenters. The molecule has 2 aromatic heterocycles. The lowest BCUT2D eigenvalue weighted by Gasteiger charge is -2.30. The van der Waals surface area contributed by atoms with E-state index in [4.69, 9.17) is 10.00 Å². The first-order valence-electron chi connectivity index (χ1n) is 11.3. The molecule has 0 unspecified atom stereocenters. The quantitative estimate of drug-likeness (QED) is 0.483. The number of hydrogen-bond acceptors (Lipinski definition) is 6. The minimum Gasteiger partial charge on any atom is -0.385 e. The first-order chi connectivity index (χ1) is 16.3. The van der Waals surface area contributed by atoms with Gasteiger partial charge in [-0.3, -0.25) is 19.5 Å². The molecule has 9 heteroatoms. The number of nitrogens with zero attached hydrogens (tertiary/aromatic N) is 5. The fraction of sp³-hybridized carbons (Fsp3) is 0.400. The van der Waals surface area contributed by atoms with E-state index in [2.05, 4.69) is 15.3 Å². The number of nitriles is 1. The standard InChI is InChI=1S/C25H30N6O3/c1-16(2)31(17(3)4)24(33)20-13-21-22(27-15-20)30(10-7-11-34-5)25(28-21)29-23(32)19-9-6-8-18(12-19)14-26/h6,8-9,12-13,15-17H,7,10-11H2,1-5H3,(H,28,29,32). The molecule has 0 spiro atoms. The van der Waals surface area contributed by atoms with Gasteiger partial charge in [0.2, 0.25) is 5.95 Å². The van der Waals surface area contributed by atoms with E-state index in [0.29, 0.717) is 53.4 Å². The zero-order valence-corrected chi connectivity index (χ0v) is 20.2. The van der Waals surface area contributed by atoms with Crippen LogP contribution < -0.4 is 5.32 Å². The molecule has 0 aliphatic rings. The lowest BCUT2D eigenvalue weighted by atomic mass is 10.1. The van der Waals surface area contributed by atoms with E-state index in [1.165, 1.54) is 6.07 Å². The molecule has 0 fully saturated rings. The molecule has 34 heavy (non-hydrogen) atoms. The number of hydrogen-bond donors (Lipinski definition) is 1. The number of pyridine rings is 1. The molecule has 2 amide bonds. The van der Waals surface area contributed by atoms with E-state index < -0.39 is 0 Å². The van der Waals surface area contributed by atoms with Crippen LogP contribution in [-0.4, -0.2) is 57.0 Å². The number of carbonyl (C=O) groups excluding carboxylic acids is 2. The summed E-state index contributed by atoms with van der Waals surface area (Å²) in [5.74, 6) is -0.185. The molecule has 0 aliphatic carbocycles. The second-order valence-corrected chi connectivity index (χ2v) is 8.55. The lowest BCUT2D eigenvalue weighted by molar-refractivity contribution is 0.0643. The number of nitrogens with one attached hydrogen (secondary N) is 1. The highest BCUT2D eigenvalue weighted by Gasteiger charge is 2.23. The minimum atomic E-state index is -0.387. The highest BCUT2D eigenvalue weighted by molar-refractivity contribution is 6.04. The molecule has 0 bridgehead atoms. The van der Waals surface area contributed by atoms with Crippen LogP contribution in [0.1, 0.15) is 60.4 Å². The number of imidazole rings is 1. The van der Waals surface area contributed by atoms with Crippen molar-refractivity contribution in [1.82, 2.24) is 19.4 Å². The van der Waals surface area contributed by atoms with Gasteiger partial charge in [-0.15, -0.1) is 0 Å². The second-order valence-electron chi connectivity index (χ2n) is 8.55. The summed E-state index contributed by atoms with van der Waals surface area (Å²) in [5.41, 5.74) is 2.26. The summed E-state index contributed by atoms with van der Waals surface area (Å²) in [5, 5.41) is 12.0. The number of amides is 2. The maximum absolute atomic E-state index is 13.1. The summed E-state index contributed by atoms with van der Waals surface area (Å²) < 4.78 is 6.97. The molecule has 1 N–H and O–H groups in total. The van der Waals surface area contributed by atoms with E-state index in [0.717, 1.165) is 0 Å². The van der Waals surface area contributed by atoms with Gasteiger partial charge in [-0.05, 0) is 58.4 Å². The molecule has 178 valence electrons. The van der Waals surface area contributed by atoms with Gasteiger partial charge in [0, 0.05) is 44.1 Å². The lowest BCUT2D eigenvalue weighted by Crippen LogP contribution is -2.42. The van der Waals surface area contributed by atoms with Crippen molar-refractivity contribution in [3.63, 3.8) is 0 Å². The maximum atomic E-state index is 13.1. The molecule has 3 rings (SSSR count). The zero-order valence-electron chi connectivity index (χ0n) is 20.2. The fourth-order valence-corrected chi connectivity index (χ4v) is 3.92. The summed E-state index contributed by atoms with van der Waals surface area (Å²) >= 11 is 0. The van der Waals surface area contributed by atoms with Gasteiger partial charge in [-0.1, -0.05) is 6.07 Å². The van der Waals surface area contributed by atoms with Crippen LogP contribution in [0.2, 0.25) is 0 Å². The number of benzene rings is 1. The number of carbonyl (C=O) groups is 2. The molecule has 0 aliphatic heterocycles. The summed E-state index contributed by atoms with van der Waals surface area (Å²) in [6, 6.07) is 10.3. The van der Waals surface area contributed by atoms with Crippen LogP contribution in [0.3, 0.4) is 0 Å². The van der Waals surface area contributed by atoms with Crippen molar-refractivity contribution < 1.29 is 14.3 Å². The van der Waals surface area contributed by atoms with Gasteiger partial charge in [-0.25, -0.2) is 9.97 Å². The first kappa shape index (κ1) is 24.9. The third-order valence-corrected chi connectivity index (χ3v) is 5.39. The van der Waals surface area contributed by atoms with Crippen LogP contribution in [0.15, 0.2) is 36.5 Å². The molecular weight excluding hydrogens is 432 g/mol. The van der Waals surface area contributed by atoms with Crippen LogP contribution >= 0.6 is 0 Å². The van der Waals surface area contributed by atoms with Crippen molar-refractivity contribution in [1.29, 1.82) is 5.26 Å². The summed E-state index contributed by atoms with van der Waals surface area (Å²) in [7, 11) is 1.63. The van der Waals surface area contributed by atoms with Crippen molar-refractivity contribution in [2.75, 3.05) is 19.0 Å². The van der Waals surface area contributed by atoms with Gasteiger partial charge in [-0.2, -0.15) is 5.26 Å². The molecule has 0 saturated heterocycles. The largest absolute Gasteiger partial charge is 0.385 e. The number of rotatable bonds is 9. The average molecular weight is 463 g/mol. The molecule has 0 saturated carbocycles. The van der Waals surface area contributed by atoms with Crippen LogP contribution in [0.25, 0.3) is 11.2 Å². The molecular formula is C25H30N6O3. The van der Waals surface area contributed by atoms with Gasteiger partial charge in [0.25, 0.3) is 11.8 Å². The number of aromatic nitrogens is 3. The third kappa shape index (κ3) is 5.41. The maximum Gasteiger partial charge on any atom is 0.258 e. The Morgan fingerprint density at radius 2 is 1.91 bits per heavy atom. The number of aryl methyl sites for hydroxylation is 1. The summed E-state index contributed by atoms with van der Waals surface area (Å²) in [6.07, 6.45) is 2.24. The van der Waals surface area contributed by atoms with Crippen LogP contribution in [0.5, 0.6) is 0 Å². The van der Waals surface area contributed by atoms with Crippen molar-refractivity contribution >= 4 is 28.9 Å². The summed E-state index contributed by atoms with van der Waals surface area (Å²) in [6.45, 7) is 8.95. The minimum absolute atomic E-state index is 0.0359. The van der Waals surface area contributed by atoms with Crippen molar-refractivity contribution in [2.24, 2.45) is 0 Å². The van der Waals surface area contributed by atoms with Gasteiger partial charge in [0.1, 0.15) is 5.52 Å².